The average Bonchev–Trinajstić information content (AvgIpc) is 3.19. The Hall–Kier alpha value is -2.68. The zero-order valence-corrected chi connectivity index (χ0v) is 12.5. The van der Waals surface area contributed by atoms with E-state index in [2.05, 4.69) is 33.0 Å². The fourth-order valence-electron chi connectivity index (χ4n) is 2.64. The SMILES string of the molecule is CCCCC(CC#N)n1cc(-c2ncnc3[nH]ccc23)cn1. The molecule has 0 amide bonds. The van der Waals surface area contributed by atoms with Crippen molar-refractivity contribution in [3.8, 4) is 17.3 Å². The van der Waals surface area contributed by atoms with Crippen LogP contribution in [-0.2, 0) is 0 Å². The predicted molar refractivity (Wildman–Crippen MR) is 83.9 cm³/mol. The number of hydrogen-bond acceptors (Lipinski definition) is 4. The van der Waals surface area contributed by atoms with E-state index < -0.39 is 0 Å². The summed E-state index contributed by atoms with van der Waals surface area (Å²) >= 11 is 0. The van der Waals surface area contributed by atoms with E-state index in [-0.39, 0.29) is 6.04 Å². The third-order valence-electron chi connectivity index (χ3n) is 3.82. The van der Waals surface area contributed by atoms with Gasteiger partial charge in [0.25, 0.3) is 0 Å². The Morgan fingerprint density at radius 1 is 1.41 bits per heavy atom. The van der Waals surface area contributed by atoms with E-state index in [1.54, 1.807) is 6.33 Å². The zero-order chi connectivity index (χ0) is 15.4. The van der Waals surface area contributed by atoms with Crippen molar-refractivity contribution in [2.45, 2.75) is 38.6 Å². The topological polar surface area (TPSA) is 83.2 Å². The molecule has 0 spiro atoms. The van der Waals surface area contributed by atoms with Gasteiger partial charge in [0, 0.05) is 23.3 Å². The van der Waals surface area contributed by atoms with Crippen LogP contribution in [0.4, 0.5) is 0 Å². The van der Waals surface area contributed by atoms with Crippen molar-refractivity contribution in [3.63, 3.8) is 0 Å². The van der Waals surface area contributed by atoms with E-state index in [1.807, 2.05) is 29.3 Å². The maximum absolute atomic E-state index is 9.02. The van der Waals surface area contributed by atoms with Crippen LogP contribution < -0.4 is 0 Å². The first kappa shape index (κ1) is 14.3. The Bertz CT molecular complexity index is 794. The number of rotatable bonds is 6. The summed E-state index contributed by atoms with van der Waals surface area (Å²) < 4.78 is 1.90. The number of aromatic amines is 1. The van der Waals surface area contributed by atoms with Gasteiger partial charge >= 0.3 is 0 Å². The highest BCUT2D eigenvalue weighted by molar-refractivity contribution is 5.89. The lowest BCUT2D eigenvalue weighted by Crippen LogP contribution is -2.08. The van der Waals surface area contributed by atoms with Crippen LogP contribution in [0.25, 0.3) is 22.3 Å². The molecule has 0 radical (unpaired) electrons. The highest BCUT2D eigenvalue weighted by Crippen LogP contribution is 2.26. The van der Waals surface area contributed by atoms with E-state index in [1.165, 1.54) is 0 Å². The largest absolute Gasteiger partial charge is 0.346 e. The van der Waals surface area contributed by atoms with Crippen molar-refractivity contribution in [1.29, 1.82) is 5.26 Å². The zero-order valence-electron chi connectivity index (χ0n) is 12.5. The summed E-state index contributed by atoms with van der Waals surface area (Å²) in [5, 5.41) is 14.4. The lowest BCUT2D eigenvalue weighted by molar-refractivity contribution is 0.418. The van der Waals surface area contributed by atoms with Crippen LogP contribution in [0.3, 0.4) is 0 Å². The van der Waals surface area contributed by atoms with Gasteiger partial charge in [-0.3, -0.25) is 4.68 Å². The molecule has 22 heavy (non-hydrogen) atoms. The van der Waals surface area contributed by atoms with Crippen LogP contribution in [0.5, 0.6) is 0 Å². The maximum Gasteiger partial charge on any atom is 0.141 e. The molecule has 0 aliphatic heterocycles. The maximum atomic E-state index is 9.02. The van der Waals surface area contributed by atoms with E-state index in [4.69, 9.17) is 5.26 Å². The average molecular weight is 294 g/mol. The summed E-state index contributed by atoms with van der Waals surface area (Å²) in [4.78, 5) is 11.7. The minimum atomic E-state index is 0.127. The van der Waals surface area contributed by atoms with Gasteiger partial charge in [-0.25, -0.2) is 9.97 Å². The number of unbranched alkanes of at least 4 members (excludes halogenated alkanes) is 1. The van der Waals surface area contributed by atoms with Gasteiger partial charge in [-0.2, -0.15) is 10.4 Å². The Labute approximate surface area is 128 Å². The number of nitrogens with zero attached hydrogens (tertiary/aromatic N) is 5. The van der Waals surface area contributed by atoms with Gasteiger partial charge in [0.1, 0.15) is 12.0 Å². The monoisotopic (exact) mass is 294 g/mol. The molecular formula is C16H18N6. The third-order valence-corrected chi connectivity index (χ3v) is 3.82. The first-order valence-corrected chi connectivity index (χ1v) is 7.53. The fourth-order valence-corrected chi connectivity index (χ4v) is 2.64. The van der Waals surface area contributed by atoms with Crippen LogP contribution in [0.2, 0.25) is 0 Å². The number of H-pyrrole nitrogens is 1. The smallest absolute Gasteiger partial charge is 0.141 e. The molecule has 3 aromatic heterocycles. The van der Waals surface area contributed by atoms with Crippen molar-refractivity contribution in [2.24, 2.45) is 0 Å². The van der Waals surface area contributed by atoms with Crippen LogP contribution in [0, 0.1) is 11.3 Å². The first-order valence-electron chi connectivity index (χ1n) is 7.53. The van der Waals surface area contributed by atoms with Crippen molar-refractivity contribution >= 4 is 11.0 Å². The predicted octanol–water partition coefficient (Wildman–Crippen LogP) is 3.47. The number of aromatic nitrogens is 5. The van der Waals surface area contributed by atoms with Gasteiger partial charge in [-0.05, 0) is 12.5 Å². The molecule has 112 valence electrons. The minimum Gasteiger partial charge on any atom is -0.346 e. The summed E-state index contributed by atoms with van der Waals surface area (Å²) in [5.74, 6) is 0. The lowest BCUT2D eigenvalue weighted by atomic mass is 10.1. The van der Waals surface area contributed by atoms with E-state index in [0.29, 0.717) is 6.42 Å². The summed E-state index contributed by atoms with van der Waals surface area (Å²) in [5.41, 5.74) is 2.63. The molecule has 1 atom stereocenters. The molecule has 3 aromatic rings. The summed E-state index contributed by atoms with van der Waals surface area (Å²) in [6, 6.07) is 4.35. The van der Waals surface area contributed by atoms with E-state index >= 15 is 0 Å². The molecule has 0 aromatic carbocycles. The van der Waals surface area contributed by atoms with Gasteiger partial charge in [0.05, 0.1) is 30.4 Å². The van der Waals surface area contributed by atoms with Crippen LogP contribution in [0.1, 0.15) is 38.6 Å². The molecule has 1 N–H and O–H groups in total. The first-order chi connectivity index (χ1) is 10.8. The van der Waals surface area contributed by atoms with Crippen LogP contribution >= 0.6 is 0 Å². The Morgan fingerprint density at radius 3 is 3.14 bits per heavy atom. The van der Waals surface area contributed by atoms with Crippen LogP contribution in [-0.4, -0.2) is 24.7 Å². The summed E-state index contributed by atoms with van der Waals surface area (Å²) in [7, 11) is 0. The molecule has 0 saturated heterocycles. The molecule has 0 fully saturated rings. The van der Waals surface area contributed by atoms with Crippen molar-refractivity contribution in [2.75, 3.05) is 0 Å². The second-order valence-electron chi connectivity index (χ2n) is 5.33. The van der Waals surface area contributed by atoms with Gasteiger partial charge in [-0.1, -0.05) is 19.8 Å². The van der Waals surface area contributed by atoms with Gasteiger partial charge in [0.15, 0.2) is 0 Å². The molecule has 0 bridgehead atoms. The highest BCUT2D eigenvalue weighted by Gasteiger charge is 2.14. The molecule has 0 aliphatic carbocycles. The molecule has 0 aliphatic rings. The quantitative estimate of drug-likeness (QED) is 0.754. The second-order valence-corrected chi connectivity index (χ2v) is 5.33. The Kier molecular flexibility index (Phi) is 4.15. The Morgan fingerprint density at radius 2 is 2.32 bits per heavy atom. The normalized spacial score (nSPS) is 12.4. The summed E-state index contributed by atoms with van der Waals surface area (Å²) in [6.07, 6.45) is 10.8. The number of nitrogens with one attached hydrogen (secondary N) is 1. The number of hydrogen-bond donors (Lipinski definition) is 1. The molecule has 3 heterocycles. The molecule has 0 saturated carbocycles. The minimum absolute atomic E-state index is 0.127. The van der Waals surface area contributed by atoms with Gasteiger partial charge in [0.2, 0.25) is 0 Å². The highest BCUT2D eigenvalue weighted by atomic mass is 15.3. The molecule has 1 unspecified atom stereocenters. The summed E-state index contributed by atoms with van der Waals surface area (Å²) in [6.45, 7) is 2.15. The third kappa shape index (κ3) is 2.70. The Balaban J connectivity index is 1.92. The molecule has 6 heteroatoms. The second kappa shape index (κ2) is 6.39. The molecule has 3 rings (SSSR count). The van der Waals surface area contributed by atoms with Crippen LogP contribution in [0.15, 0.2) is 31.0 Å². The van der Waals surface area contributed by atoms with Crippen molar-refractivity contribution in [3.05, 3.63) is 31.0 Å². The fraction of sp³-hybridized carbons (Fsp3) is 0.375. The van der Waals surface area contributed by atoms with Gasteiger partial charge in [-0.15, -0.1) is 0 Å². The van der Waals surface area contributed by atoms with Crippen molar-refractivity contribution in [1.82, 2.24) is 24.7 Å². The standard InChI is InChI=1S/C16H18N6/c1-2-3-4-13(5-7-17)22-10-12(9-21-22)15-14-6-8-18-16(14)20-11-19-15/h6,8-11,13H,2-5H2,1H3,(H,18,19,20). The number of nitriles is 1. The van der Waals surface area contributed by atoms with E-state index in [9.17, 15) is 0 Å². The van der Waals surface area contributed by atoms with E-state index in [0.717, 1.165) is 41.6 Å². The van der Waals surface area contributed by atoms with Gasteiger partial charge < -0.3 is 4.98 Å². The molecular weight excluding hydrogens is 276 g/mol. The van der Waals surface area contributed by atoms with Crippen molar-refractivity contribution < 1.29 is 0 Å². The lowest BCUT2D eigenvalue weighted by Gasteiger charge is -2.13. The number of fused-ring (bicyclic) bond motifs is 1. The molecule has 6 nitrogen and oxygen atoms in total.